The van der Waals surface area contributed by atoms with Crippen molar-refractivity contribution in [2.75, 3.05) is 31.1 Å². The minimum absolute atomic E-state index is 0.0986. The summed E-state index contributed by atoms with van der Waals surface area (Å²) in [6.07, 6.45) is 5.81. The van der Waals surface area contributed by atoms with Gasteiger partial charge in [0.2, 0.25) is 5.91 Å². The predicted octanol–water partition coefficient (Wildman–Crippen LogP) is 1.03. The summed E-state index contributed by atoms with van der Waals surface area (Å²) in [5.41, 5.74) is 0. The molecular weight excluding hydrogens is 288 g/mol. The van der Waals surface area contributed by atoms with E-state index in [-0.39, 0.29) is 11.9 Å². The number of amides is 1. The Bertz CT molecular complexity index is 570. The first-order chi connectivity index (χ1) is 10.3. The van der Waals surface area contributed by atoms with Crippen LogP contribution in [0.1, 0.15) is 19.4 Å². The van der Waals surface area contributed by atoms with Crippen LogP contribution in [0.5, 0.6) is 0 Å². The third kappa shape index (κ3) is 3.05. The number of rotatable bonds is 3. The lowest BCUT2D eigenvalue weighted by molar-refractivity contribution is -0.134. The average Bonchev–Trinajstić information content (AvgIpc) is 3.16. The summed E-state index contributed by atoms with van der Waals surface area (Å²) in [7, 11) is 0. The fourth-order valence-corrected chi connectivity index (χ4v) is 3.19. The highest BCUT2D eigenvalue weighted by molar-refractivity contribution is 7.13. The first-order valence-electron chi connectivity index (χ1n) is 7.03. The van der Waals surface area contributed by atoms with Crippen LogP contribution < -0.4 is 4.90 Å². The maximum absolute atomic E-state index is 12.5. The standard InChI is InChI=1S/C13H18N6OS/c1-11(19-10-14-9-16-19)12(20)17-4-2-5-18(7-6-17)13-15-3-8-21-13/h3,8-11H,2,4-7H2,1H3. The Morgan fingerprint density at radius 2 is 2.24 bits per heavy atom. The van der Waals surface area contributed by atoms with E-state index in [0.29, 0.717) is 0 Å². The zero-order valence-corrected chi connectivity index (χ0v) is 12.7. The Hall–Kier alpha value is -1.96. The second kappa shape index (κ2) is 6.21. The Labute approximate surface area is 127 Å². The van der Waals surface area contributed by atoms with Crippen LogP contribution in [0, 0.1) is 0 Å². The van der Waals surface area contributed by atoms with Gasteiger partial charge in [0.15, 0.2) is 5.13 Å². The molecule has 3 rings (SSSR count). The van der Waals surface area contributed by atoms with Crippen LogP contribution in [0.15, 0.2) is 24.2 Å². The molecule has 0 N–H and O–H groups in total. The molecule has 3 heterocycles. The van der Waals surface area contributed by atoms with Gasteiger partial charge in [-0.2, -0.15) is 5.10 Å². The third-order valence-electron chi connectivity index (χ3n) is 3.69. The number of hydrogen-bond acceptors (Lipinski definition) is 6. The van der Waals surface area contributed by atoms with E-state index in [0.717, 1.165) is 37.7 Å². The van der Waals surface area contributed by atoms with E-state index in [9.17, 15) is 4.79 Å². The molecular formula is C13H18N6OS. The van der Waals surface area contributed by atoms with Gasteiger partial charge in [-0.15, -0.1) is 11.3 Å². The van der Waals surface area contributed by atoms with E-state index >= 15 is 0 Å². The van der Waals surface area contributed by atoms with Crippen molar-refractivity contribution in [2.24, 2.45) is 0 Å². The summed E-state index contributed by atoms with van der Waals surface area (Å²) < 4.78 is 1.60. The first-order valence-corrected chi connectivity index (χ1v) is 7.91. The Kier molecular flexibility index (Phi) is 4.14. The molecule has 7 nitrogen and oxygen atoms in total. The summed E-state index contributed by atoms with van der Waals surface area (Å²) in [5, 5.41) is 7.07. The van der Waals surface area contributed by atoms with Gasteiger partial charge >= 0.3 is 0 Å². The average molecular weight is 306 g/mol. The number of carbonyl (C=O) groups is 1. The summed E-state index contributed by atoms with van der Waals surface area (Å²) in [4.78, 5) is 25.0. The van der Waals surface area contributed by atoms with E-state index in [1.807, 2.05) is 23.4 Å². The molecule has 1 atom stereocenters. The quantitative estimate of drug-likeness (QED) is 0.847. The smallest absolute Gasteiger partial charge is 0.247 e. The maximum Gasteiger partial charge on any atom is 0.247 e. The van der Waals surface area contributed by atoms with Gasteiger partial charge in [0.25, 0.3) is 0 Å². The number of carbonyl (C=O) groups excluding carboxylic acids is 1. The number of nitrogens with zero attached hydrogens (tertiary/aromatic N) is 6. The monoisotopic (exact) mass is 306 g/mol. The lowest BCUT2D eigenvalue weighted by atomic mass is 10.2. The summed E-state index contributed by atoms with van der Waals surface area (Å²) in [5.74, 6) is 0.0986. The van der Waals surface area contributed by atoms with Crippen LogP contribution in [0.3, 0.4) is 0 Å². The van der Waals surface area contributed by atoms with E-state index in [1.165, 1.54) is 6.33 Å². The van der Waals surface area contributed by atoms with Crippen molar-refractivity contribution >= 4 is 22.4 Å². The highest BCUT2D eigenvalue weighted by Gasteiger charge is 2.25. The minimum atomic E-state index is -0.307. The fourth-order valence-electron chi connectivity index (χ4n) is 2.50. The van der Waals surface area contributed by atoms with Gasteiger partial charge in [-0.3, -0.25) is 4.79 Å². The Morgan fingerprint density at radius 1 is 1.33 bits per heavy atom. The number of anilines is 1. The molecule has 1 aliphatic rings. The lowest BCUT2D eigenvalue weighted by Crippen LogP contribution is -2.39. The highest BCUT2D eigenvalue weighted by atomic mass is 32.1. The molecule has 0 saturated carbocycles. The molecule has 1 fully saturated rings. The maximum atomic E-state index is 12.5. The predicted molar refractivity (Wildman–Crippen MR) is 80.3 cm³/mol. The van der Waals surface area contributed by atoms with E-state index in [4.69, 9.17) is 0 Å². The zero-order chi connectivity index (χ0) is 14.7. The van der Waals surface area contributed by atoms with Crippen molar-refractivity contribution in [2.45, 2.75) is 19.4 Å². The van der Waals surface area contributed by atoms with E-state index in [1.54, 1.807) is 22.3 Å². The summed E-state index contributed by atoms with van der Waals surface area (Å²) in [6, 6.07) is -0.307. The SMILES string of the molecule is CC(C(=O)N1CCCN(c2nccs2)CC1)n1cncn1. The third-order valence-corrected chi connectivity index (χ3v) is 4.52. The number of thiazole rings is 1. The van der Waals surface area contributed by atoms with Crippen LogP contribution in [0.4, 0.5) is 5.13 Å². The molecule has 1 unspecified atom stereocenters. The van der Waals surface area contributed by atoms with Gasteiger partial charge in [0.1, 0.15) is 18.7 Å². The Morgan fingerprint density at radius 3 is 2.95 bits per heavy atom. The molecule has 0 spiro atoms. The summed E-state index contributed by atoms with van der Waals surface area (Å²) >= 11 is 1.64. The van der Waals surface area contributed by atoms with Crippen molar-refractivity contribution in [3.8, 4) is 0 Å². The zero-order valence-electron chi connectivity index (χ0n) is 11.9. The largest absolute Gasteiger partial charge is 0.346 e. The topological polar surface area (TPSA) is 67.2 Å². The molecule has 0 aromatic carbocycles. The molecule has 1 amide bonds. The minimum Gasteiger partial charge on any atom is -0.346 e. The molecule has 0 radical (unpaired) electrons. The van der Waals surface area contributed by atoms with Crippen LogP contribution >= 0.6 is 11.3 Å². The molecule has 8 heteroatoms. The van der Waals surface area contributed by atoms with Crippen LogP contribution in [0.2, 0.25) is 0 Å². The van der Waals surface area contributed by atoms with E-state index in [2.05, 4.69) is 20.0 Å². The second-order valence-electron chi connectivity index (χ2n) is 5.03. The molecule has 2 aromatic heterocycles. The normalized spacial score (nSPS) is 17.6. The van der Waals surface area contributed by atoms with Gasteiger partial charge in [0.05, 0.1) is 0 Å². The highest BCUT2D eigenvalue weighted by Crippen LogP contribution is 2.20. The summed E-state index contributed by atoms with van der Waals surface area (Å²) in [6.45, 7) is 5.12. The van der Waals surface area contributed by atoms with Gasteiger partial charge in [-0.05, 0) is 13.3 Å². The van der Waals surface area contributed by atoms with Gasteiger partial charge in [-0.1, -0.05) is 0 Å². The molecule has 0 bridgehead atoms. The van der Waals surface area contributed by atoms with Crippen molar-refractivity contribution in [3.05, 3.63) is 24.2 Å². The number of hydrogen-bond donors (Lipinski definition) is 0. The van der Waals surface area contributed by atoms with Crippen LogP contribution in [-0.2, 0) is 4.79 Å². The van der Waals surface area contributed by atoms with Crippen LogP contribution in [0.25, 0.3) is 0 Å². The molecule has 1 aliphatic heterocycles. The van der Waals surface area contributed by atoms with Crippen molar-refractivity contribution in [3.63, 3.8) is 0 Å². The van der Waals surface area contributed by atoms with Crippen LogP contribution in [-0.4, -0.2) is 56.7 Å². The first kappa shape index (κ1) is 14.0. The number of aromatic nitrogens is 4. The molecule has 21 heavy (non-hydrogen) atoms. The van der Waals surface area contributed by atoms with Crippen molar-refractivity contribution < 1.29 is 4.79 Å². The van der Waals surface area contributed by atoms with Gasteiger partial charge in [0, 0.05) is 37.8 Å². The Balaban J connectivity index is 1.63. The van der Waals surface area contributed by atoms with Crippen molar-refractivity contribution in [1.82, 2.24) is 24.6 Å². The lowest BCUT2D eigenvalue weighted by Gasteiger charge is -2.24. The molecule has 2 aromatic rings. The van der Waals surface area contributed by atoms with Crippen molar-refractivity contribution in [1.29, 1.82) is 0 Å². The van der Waals surface area contributed by atoms with Gasteiger partial charge < -0.3 is 9.80 Å². The van der Waals surface area contributed by atoms with E-state index < -0.39 is 0 Å². The second-order valence-corrected chi connectivity index (χ2v) is 5.91. The molecule has 0 aliphatic carbocycles. The molecule has 1 saturated heterocycles. The molecule has 112 valence electrons. The van der Waals surface area contributed by atoms with Gasteiger partial charge in [-0.25, -0.2) is 14.6 Å². The fraction of sp³-hybridized carbons (Fsp3) is 0.538.